The van der Waals surface area contributed by atoms with Gasteiger partial charge in [-0.1, -0.05) is 13.8 Å². The van der Waals surface area contributed by atoms with Gasteiger partial charge in [0.15, 0.2) is 5.78 Å². The van der Waals surface area contributed by atoms with Gasteiger partial charge in [0.1, 0.15) is 5.82 Å². The second kappa shape index (κ2) is 6.51. The second-order valence-corrected chi connectivity index (χ2v) is 6.47. The number of ketones is 1. The molecule has 0 aliphatic rings. The zero-order valence-electron chi connectivity index (χ0n) is 14.8. The third-order valence-electron chi connectivity index (χ3n) is 4.24. The summed E-state index contributed by atoms with van der Waals surface area (Å²) in [6.07, 6.45) is 0. The number of imidazole rings is 1. The largest absolute Gasteiger partial charge is 0.331 e. The van der Waals surface area contributed by atoms with Gasteiger partial charge in [-0.25, -0.2) is 4.98 Å². The van der Waals surface area contributed by atoms with Gasteiger partial charge in [0.05, 0.1) is 11.0 Å². The van der Waals surface area contributed by atoms with E-state index in [1.165, 1.54) is 6.92 Å². The molecule has 128 valence electrons. The van der Waals surface area contributed by atoms with Crippen LogP contribution < -0.4 is 5.32 Å². The predicted octanol–water partition coefficient (Wildman–Crippen LogP) is 4.15. The average Bonchev–Trinajstić information content (AvgIpc) is 2.92. The zero-order chi connectivity index (χ0) is 18.1. The summed E-state index contributed by atoms with van der Waals surface area (Å²) in [7, 11) is 1.99. The van der Waals surface area contributed by atoms with Crippen molar-refractivity contribution in [3.63, 3.8) is 0 Å². The van der Waals surface area contributed by atoms with Crippen LogP contribution in [0.1, 0.15) is 53.2 Å². The van der Waals surface area contributed by atoms with Crippen LogP contribution in [0.5, 0.6) is 0 Å². The third-order valence-corrected chi connectivity index (χ3v) is 4.24. The van der Waals surface area contributed by atoms with Crippen LogP contribution in [-0.4, -0.2) is 21.2 Å². The van der Waals surface area contributed by atoms with Crippen LogP contribution in [0.4, 0.5) is 5.69 Å². The minimum Gasteiger partial charge on any atom is -0.331 e. The number of amides is 1. The van der Waals surface area contributed by atoms with Gasteiger partial charge >= 0.3 is 0 Å². The van der Waals surface area contributed by atoms with E-state index in [9.17, 15) is 9.59 Å². The Kier molecular flexibility index (Phi) is 4.40. The minimum atomic E-state index is -0.200. The van der Waals surface area contributed by atoms with Crippen LogP contribution in [-0.2, 0) is 7.05 Å². The molecule has 5 heteroatoms. The van der Waals surface area contributed by atoms with Crippen LogP contribution in [0.25, 0.3) is 11.0 Å². The molecule has 0 bridgehead atoms. The van der Waals surface area contributed by atoms with Crippen molar-refractivity contribution >= 4 is 28.4 Å². The van der Waals surface area contributed by atoms with Gasteiger partial charge in [-0.3, -0.25) is 9.59 Å². The SMILES string of the molecule is CC(=O)c1ccc(NC(=O)c2ccc3c(c2)nc(C(C)C)n3C)cc1. The number of Topliss-reactive ketones (excluding diaryl/α,β-unsaturated/α-hetero) is 1. The normalized spacial score (nSPS) is 11.1. The quantitative estimate of drug-likeness (QED) is 0.728. The molecule has 0 radical (unpaired) electrons. The molecule has 0 aliphatic carbocycles. The number of hydrogen-bond acceptors (Lipinski definition) is 3. The molecule has 0 atom stereocenters. The second-order valence-electron chi connectivity index (χ2n) is 6.47. The molecule has 1 heterocycles. The van der Waals surface area contributed by atoms with E-state index >= 15 is 0 Å². The number of aromatic nitrogens is 2. The lowest BCUT2D eigenvalue weighted by molar-refractivity contribution is 0.101. The average molecular weight is 335 g/mol. The number of aryl methyl sites for hydroxylation is 1. The molecule has 3 rings (SSSR count). The van der Waals surface area contributed by atoms with E-state index in [-0.39, 0.29) is 11.7 Å². The van der Waals surface area contributed by atoms with Crippen molar-refractivity contribution in [2.24, 2.45) is 7.05 Å². The number of rotatable bonds is 4. The fourth-order valence-electron chi connectivity index (χ4n) is 2.87. The lowest BCUT2D eigenvalue weighted by atomic mass is 10.1. The molecule has 0 spiro atoms. The smallest absolute Gasteiger partial charge is 0.255 e. The van der Waals surface area contributed by atoms with Crippen molar-refractivity contribution in [2.45, 2.75) is 26.7 Å². The monoisotopic (exact) mass is 335 g/mol. The molecule has 0 saturated carbocycles. The number of anilines is 1. The summed E-state index contributed by atoms with van der Waals surface area (Å²) in [5.74, 6) is 1.11. The van der Waals surface area contributed by atoms with Crippen LogP contribution in [0.15, 0.2) is 42.5 Å². The first-order valence-electron chi connectivity index (χ1n) is 8.25. The highest BCUT2D eigenvalue weighted by molar-refractivity contribution is 6.06. The van der Waals surface area contributed by atoms with Crippen LogP contribution in [0.2, 0.25) is 0 Å². The number of nitrogens with zero attached hydrogens (tertiary/aromatic N) is 2. The van der Waals surface area contributed by atoms with Gasteiger partial charge in [-0.05, 0) is 49.4 Å². The molecule has 3 aromatic rings. The van der Waals surface area contributed by atoms with E-state index in [2.05, 4.69) is 28.7 Å². The molecular formula is C20H21N3O2. The Balaban J connectivity index is 1.85. The van der Waals surface area contributed by atoms with Crippen molar-refractivity contribution in [2.75, 3.05) is 5.32 Å². The summed E-state index contributed by atoms with van der Waals surface area (Å²) in [5, 5.41) is 2.85. The molecule has 1 aromatic heterocycles. The standard InChI is InChI=1S/C20H21N3O2/c1-12(2)19-22-17-11-15(7-10-18(17)23(19)4)20(25)21-16-8-5-14(6-9-16)13(3)24/h5-12H,1-4H3,(H,21,25). The molecule has 1 N–H and O–H groups in total. The fraction of sp³-hybridized carbons (Fsp3) is 0.250. The Morgan fingerprint density at radius 2 is 1.68 bits per heavy atom. The van der Waals surface area contributed by atoms with Crippen molar-refractivity contribution < 1.29 is 9.59 Å². The zero-order valence-corrected chi connectivity index (χ0v) is 14.8. The summed E-state index contributed by atoms with van der Waals surface area (Å²) in [4.78, 5) is 28.4. The Morgan fingerprint density at radius 1 is 1.04 bits per heavy atom. The number of carbonyl (C=O) groups is 2. The highest BCUT2D eigenvalue weighted by Crippen LogP contribution is 2.22. The molecular weight excluding hydrogens is 314 g/mol. The van der Waals surface area contributed by atoms with Gasteiger partial charge in [0, 0.05) is 29.8 Å². The van der Waals surface area contributed by atoms with Crippen LogP contribution in [0, 0.1) is 0 Å². The number of fused-ring (bicyclic) bond motifs is 1. The van der Waals surface area contributed by atoms with Gasteiger partial charge in [-0.2, -0.15) is 0 Å². The van der Waals surface area contributed by atoms with Gasteiger partial charge in [-0.15, -0.1) is 0 Å². The molecule has 5 nitrogen and oxygen atoms in total. The first-order valence-corrected chi connectivity index (χ1v) is 8.25. The number of carbonyl (C=O) groups excluding carboxylic acids is 2. The highest BCUT2D eigenvalue weighted by Gasteiger charge is 2.13. The van der Waals surface area contributed by atoms with E-state index in [4.69, 9.17) is 0 Å². The van der Waals surface area contributed by atoms with E-state index in [0.29, 0.717) is 22.7 Å². The Bertz CT molecular complexity index is 953. The van der Waals surface area contributed by atoms with E-state index < -0.39 is 0 Å². The maximum atomic E-state index is 12.5. The number of benzene rings is 2. The summed E-state index contributed by atoms with van der Waals surface area (Å²) in [6, 6.07) is 12.4. The maximum Gasteiger partial charge on any atom is 0.255 e. The maximum absolute atomic E-state index is 12.5. The van der Waals surface area contributed by atoms with Gasteiger partial charge < -0.3 is 9.88 Å². The summed E-state index contributed by atoms with van der Waals surface area (Å²) < 4.78 is 2.06. The topological polar surface area (TPSA) is 64.0 Å². The van der Waals surface area contributed by atoms with E-state index in [1.807, 2.05) is 13.1 Å². The lowest BCUT2D eigenvalue weighted by Crippen LogP contribution is -2.11. The van der Waals surface area contributed by atoms with Gasteiger partial charge in [0.25, 0.3) is 5.91 Å². The molecule has 1 amide bonds. The summed E-state index contributed by atoms with van der Waals surface area (Å²) in [6.45, 7) is 5.71. The molecule has 0 unspecified atom stereocenters. The molecule has 25 heavy (non-hydrogen) atoms. The van der Waals surface area contributed by atoms with Gasteiger partial charge in [0.2, 0.25) is 0 Å². The van der Waals surface area contributed by atoms with Crippen LogP contribution in [0.3, 0.4) is 0 Å². The van der Waals surface area contributed by atoms with Crippen molar-refractivity contribution in [3.05, 3.63) is 59.4 Å². The Labute approximate surface area is 146 Å². The Hall–Kier alpha value is -2.95. The number of hydrogen-bond donors (Lipinski definition) is 1. The first kappa shape index (κ1) is 16.9. The summed E-state index contributed by atoms with van der Waals surface area (Å²) in [5.41, 5.74) is 3.64. The molecule has 0 aliphatic heterocycles. The molecule has 2 aromatic carbocycles. The van der Waals surface area contributed by atoms with E-state index in [0.717, 1.165) is 16.9 Å². The predicted molar refractivity (Wildman–Crippen MR) is 99.2 cm³/mol. The summed E-state index contributed by atoms with van der Waals surface area (Å²) >= 11 is 0. The molecule has 0 saturated heterocycles. The van der Waals surface area contributed by atoms with Crippen molar-refractivity contribution in [1.29, 1.82) is 0 Å². The van der Waals surface area contributed by atoms with Crippen molar-refractivity contribution in [1.82, 2.24) is 9.55 Å². The lowest BCUT2D eigenvalue weighted by Gasteiger charge is -2.06. The highest BCUT2D eigenvalue weighted by atomic mass is 16.1. The van der Waals surface area contributed by atoms with Crippen molar-refractivity contribution in [3.8, 4) is 0 Å². The fourth-order valence-corrected chi connectivity index (χ4v) is 2.87. The first-order chi connectivity index (χ1) is 11.9. The molecule has 0 fully saturated rings. The Morgan fingerprint density at radius 3 is 2.28 bits per heavy atom. The van der Waals surface area contributed by atoms with E-state index in [1.54, 1.807) is 36.4 Å². The minimum absolute atomic E-state index is 0.000521. The van der Waals surface area contributed by atoms with Crippen LogP contribution >= 0.6 is 0 Å². The third kappa shape index (κ3) is 3.31. The number of nitrogens with one attached hydrogen (secondary N) is 1.